The van der Waals surface area contributed by atoms with Gasteiger partial charge in [-0.3, -0.25) is 14.5 Å². The van der Waals surface area contributed by atoms with E-state index in [-0.39, 0.29) is 17.9 Å². The zero-order valence-corrected chi connectivity index (χ0v) is 18.0. The van der Waals surface area contributed by atoms with Crippen molar-refractivity contribution in [3.8, 4) is 0 Å². The van der Waals surface area contributed by atoms with Crippen molar-refractivity contribution in [1.29, 1.82) is 0 Å². The highest BCUT2D eigenvalue weighted by Gasteiger charge is 2.24. The van der Waals surface area contributed by atoms with Gasteiger partial charge in [0.1, 0.15) is 0 Å². The Labute approximate surface area is 177 Å². The zero-order valence-electron chi connectivity index (χ0n) is 17.1. The van der Waals surface area contributed by atoms with Gasteiger partial charge in [-0.05, 0) is 31.5 Å². The van der Waals surface area contributed by atoms with Gasteiger partial charge in [0, 0.05) is 43.7 Å². The maximum absolute atomic E-state index is 13.1. The lowest BCUT2D eigenvalue weighted by Gasteiger charge is -2.35. The lowest BCUT2D eigenvalue weighted by molar-refractivity contribution is -0.119. The summed E-state index contributed by atoms with van der Waals surface area (Å²) < 4.78 is 0. The van der Waals surface area contributed by atoms with Crippen LogP contribution in [0.15, 0.2) is 59.5 Å². The summed E-state index contributed by atoms with van der Waals surface area (Å²) in [6.07, 6.45) is 0. The smallest absolute Gasteiger partial charge is 0.255 e. The predicted octanol–water partition coefficient (Wildman–Crippen LogP) is 3.26. The third-order valence-corrected chi connectivity index (χ3v) is 5.91. The molecule has 2 aromatic rings. The number of hydrogen-bond donors (Lipinski definition) is 1. The summed E-state index contributed by atoms with van der Waals surface area (Å²) in [5.74, 6) is 0.353. The van der Waals surface area contributed by atoms with Gasteiger partial charge in [-0.15, -0.1) is 11.8 Å². The number of piperazine rings is 1. The normalized spacial score (nSPS) is 14.8. The molecule has 0 radical (unpaired) electrons. The second-order valence-corrected chi connectivity index (χ2v) is 8.58. The quantitative estimate of drug-likeness (QED) is 0.711. The second kappa shape index (κ2) is 10.5. The van der Waals surface area contributed by atoms with E-state index in [1.165, 1.54) is 17.3 Å². The van der Waals surface area contributed by atoms with Crippen molar-refractivity contribution in [2.75, 3.05) is 31.9 Å². The SMILES string of the molecule is CC(C)NC(=O)CSc1ccccc1C(=O)N1CCN(Cc2ccccc2)CC1. The third kappa shape index (κ3) is 6.34. The first kappa shape index (κ1) is 21.4. The van der Waals surface area contributed by atoms with Gasteiger partial charge in [-0.1, -0.05) is 42.5 Å². The summed E-state index contributed by atoms with van der Waals surface area (Å²) >= 11 is 1.42. The minimum Gasteiger partial charge on any atom is -0.353 e. The number of carbonyl (C=O) groups is 2. The summed E-state index contributed by atoms with van der Waals surface area (Å²) in [7, 11) is 0. The molecular weight excluding hydrogens is 382 g/mol. The van der Waals surface area contributed by atoms with Crippen LogP contribution in [-0.2, 0) is 11.3 Å². The molecule has 5 nitrogen and oxygen atoms in total. The fourth-order valence-electron chi connectivity index (χ4n) is 3.40. The summed E-state index contributed by atoms with van der Waals surface area (Å²) in [6.45, 7) is 7.98. The molecule has 1 saturated heterocycles. The Balaban J connectivity index is 1.56. The maximum atomic E-state index is 13.1. The molecule has 2 aromatic carbocycles. The van der Waals surface area contributed by atoms with Gasteiger partial charge in [0.05, 0.1) is 11.3 Å². The molecule has 1 aliphatic heterocycles. The van der Waals surface area contributed by atoms with E-state index in [1.807, 2.05) is 49.1 Å². The Bertz CT molecular complexity index is 818. The highest BCUT2D eigenvalue weighted by atomic mass is 32.2. The van der Waals surface area contributed by atoms with Gasteiger partial charge < -0.3 is 10.2 Å². The molecular formula is C23H29N3O2S. The van der Waals surface area contributed by atoms with Crippen molar-refractivity contribution < 1.29 is 9.59 Å². The van der Waals surface area contributed by atoms with Gasteiger partial charge >= 0.3 is 0 Å². The lowest BCUT2D eigenvalue weighted by atomic mass is 10.1. The summed E-state index contributed by atoms with van der Waals surface area (Å²) in [6, 6.07) is 18.1. The van der Waals surface area contributed by atoms with Crippen molar-refractivity contribution in [3.05, 3.63) is 65.7 Å². The molecule has 0 aliphatic carbocycles. The van der Waals surface area contributed by atoms with E-state index in [0.717, 1.165) is 37.6 Å². The Hall–Kier alpha value is -2.31. The van der Waals surface area contributed by atoms with E-state index in [1.54, 1.807) is 0 Å². The molecule has 0 atom stereocenters. The van der Waals surface area contributed by atoms with E-state index >= 15 is 0 Å². The van der Waals surface area contributed by atoms with Crippen molar-refractivity contribution in [1.82, 2.24) is 15.1 Å². The molecule has 2 amide bonds. The van der Waals surface area contributed by atoms with Crippen LogP contribution in [0.5, 0.6) is 0 Å². The number of thioether (sulfide) groups is 1. The van der Waals surface area contributed by atoms with E-state index in [9.17, 15) is 9.59 Å². The van der Waals surface area contributed by atoms with Crippen LogP contribution in [0.1, 0.15) is 29.8 Å². The molecule has 1 N–H and O–H groups in total. The first-order chi connectivity index (χ1) is 14.0. The van der Waals surface area contributed by atoms with Crippen molar-refractivity contribution in [2.24, 2.45) is 0 Å². The molecule has 0 bridgehead atoms. The fraction of sp³-hybridized carbons (Fsp3) is 0.391. The standard InChI is InChI=1S/C23H29N3O2S/c1-18(2)24-22(27)17-29-21-11-7-6-10-20(21)23(28)26-14-12-25(13-15-26)16-19-8-4-3-5-9-19/h3-11,18H,12-17H2,1-2H3,(H,24,27). The Morgan fingerprint density at radius 2 is 1.62 bits per heavy atom. The van der Waals surface area contributed by atoms with E-state index in [2.05, 4.69) is 34.5 Å². The molecule has 154 valence electrons. The van der Waals surface area contributed by atoms with E-state index in [0.29, 0.717) is 11.3 Å². The molecule has 1 aliphatic rings. The van der Waals surface area contributed by atoms with Gasteiger partial charge in [-0.25, -0.2) is 0 Å². The second-order valence-electron chi connectivity index (χ2n) is 7.56. The van der Waals surface area contributed by atoms with E-state index in [4.69, 9.17) is 0 Å². The number of carbonyl (C=O) groups excluding carboxylic acids is 2. The number of nitrogens with zero attached hydrogens (tertiary/aromatic N) is 2. The van der Waals surface area contributed by atoms with Crippen LogP contribution in [0.2, 0.25) is 0 Å². The molecule has 0 aromatic heterocycles. The lowest BCUT2D eigenvalue weighted by Crippen LogP contribution is -2.48. The van der Waals surface area contributed by atoms with Crippen LogP contribution in [0.4, 0.5) is 0 Å². The first-order valence-electron chi connectivity index (χ1n) is 10.1. The molecule has 0 spiro atoms. The molecule has 29 heavy (non-hydrogen) atoms. The fourth-order valence-corrected chi connectivity index (χ4v) is 4.25. The highest BCUT2D eigenvalue weighted by Crippen LogP contribution is 2.24. The minimum absolute atomic E-state index is 0.0122. The molecule has 3 rings (SSSR count). The van der Waals surface area contributed by atoms with Crippen molar-refractivity contribution in [3.63, 3.8) is 0 Å². The first-order valence-corrected chi connectivity index (χ1v) is 11.1. The monoisotopic (exact) mass is 411 g/mol. The molecule has 0 unspecified atom stereocenters. The highest BCUT2D eigenvalue weighted by molar-refractivity contribution is 8.00. The van der Waals surface area contributed by atoms with Gasteiger partial charge in [0.15, 0.2) is 0 Å². The average Bonchev–Trinajstić information content (AvgIpc) is 2.73. The van der Waals surface area contributed by atoms with Gasteiger partial charge in [-0.2, -0.15) is 0 Å². The number of amides is 2. The summed E-state index contributed by atoms with van der Waals surface area (Å²) in [4.78, 5) is 30.2. The Morgan fingerprint density at radius 3 is 2.31 bits per heavy atom. The van der Waals surface area contributed by atoms with Crippen LogP contribution in [0.3, 0.4) is 0 Å². The van der Waals surface area contributed by atoms with Crippen LogP contribution in [0, 0.1) is 0 Å². The molecule has 1 heterocycles. The number of hydrogen-bond acceptors (Lipinski definition) is 4. The largest absolute Gasteiger partial charge is 0.353 e. The van der Waals surface area contributed by atoms with Crippen LogP contribution < -0.4 is 5.32 Å². The summed E-state index contributed by atoms with van der Waals surface area (Å²) in [5.41, 5.74) is 1.99. The van der Waals surface area contributed by atoms with E-state index < -0.39 is 0 Å². The van der Waals surface area contributed by atoms with Crippen LogP contribution in [0.25, 0.3) is 0 Å². The van der Waals surface area contributed by atoms with Gasteiger partial charge in [0.25, 0.3) is 5.91 Å². The zero-order chi connectivity index (χ0) is 20.6. The van der Waals surface area contributed by atoms with Gasteiger partial charge in [0.2, 0.25) is 5.91 Å². The summed E-state index contributed by atoms with van der Waals surface area (Å²) in [5, 5.41) is 2.89. The van der Waals surface area contributed by atoms with Crippen LogP contribution >= 0.6 is 11.8 Å². The Morgan fingerprint density at radius 1 is 0.966 bits per heavy atom. The number of nitrogens with one attached hydrogen (secondary N) is 1. The topological polar surface area (TPSA) is 52.7 Å². The molecule has 6 heteroatoms. The molecule has 0 saturated carbocycles. The predicted molar refractivity (Wildman–Crippen MR) is 118 cm³/mol. The number of benzene rings is 2. The van der Waals surface area contributed by atoms with Crippen molar-refractivity contribution >= 4 is 23.6 Å². The molecule has 1 fully saturated rings. The maximum Gasteiger partial charge on any atom is 0.255 e. The van der Waals surface area contributed by atoms with Crippen molar-refractivity contribution in [2.45, 2.75) is 31.3 Å². The Kier molecular flexibility index (Phi) is 7.72. The minimum atomic E-state index is -0.0122. The average molecular weight is 412 g/mol. The van der Waals surface area contributed by atoms with Crippen LogP contribution in [-0.4, -0.2) is 59.6 Å². The number of rotatable bonds is 7. The third-order valence-electron chi connectivity index (χ3n) is 4.83.